The number of ketones is 1. The molecule has 1 amide bonds. The summed E-state index contributed by atoms with van der Waals surface area (Å²) in [6.45, 7) is 17.2. The summed E-state index contributed by atoms with van der Waals surface area (Å²) in [4.78, 5) is 27.6. The molecule has 0 aromatic rings. The summed E-state index contributed by atoms with van der Waals surface area (Å²) < 4.78 is 0. The average Bonchev–Trinajstić information content (AvgIpc) is 2.82. The number of allylic oxidation sites excluding steroid dienone is 2. The van der Waals surface area contributed by atoms with Gasteiger partial charge in [-0.05, 0) is 103 Å². The van der Waals surface area contributed by atoms with Crippen molar-refractivity contribution in [2.75, 3.05) is 13.1 Å². The molecule has 5 nitrogen and oxygen atoms in total. The van der Waals surface area contributed by atoms with Crippen molar-refractivity contribution >= 4 is 11.7 Å². The zero-order valence-corrected chi connectivity index (χ0v) is 24.5. The smallest absolute Gasteiger partial charge is 0.226 e. The molecule has 5 aliphatic rings. The predicted molar refractivity (Wildman–Crippen MR) is 147 cm³/mol. The molecule has 0 bridgehead atoms. The molecule has 37 heavy (non-hydrogen) atoms. The van der Waals surface area contributed by atoms with Crippen LogP contribution < -0.4 is 11.1 Å². The van der Waals surface area contributed by atoms with Gasteiger partial charge in [-0.2, -0.15) is 0 Å². The van der Waals surface area contributed by atoms with Gasteiger partial charge in [-0.25, -0.2) is 0 Å². The molecule has 0 saturated heterocycles. The minimum Gasteiger partial charge on any atom is -0.393 e. The maximum absolute atomic E-state index is 14.4. The number of nitrogens with one attached hydrogen (secondary N) is 1. The third-order valence-corrected chi connectivity index (χ3v) is 13.5. The van der Waals surface area contributed by atoms with Crippen molar-refractivity contribution < 1.29 is 14.7 Å². The monoisotopic (exact) mass is 512 g/mol. The van der Waals surface area contributed by atoms with Gasteiger partial charge in [-0.1, -0.05) is 54.0 Å². The van der Waals surface area contributed by atoms with Gasteiger partial charge < -0.3 is 16.2 Å². The maximum Gasteiger partial charge on any atom is 0.226 e. The van der Waals surface area contributed by atoms with Crippen LogP contribution in [0.15, 0.2) is 11.6 Å². The van der Waals surface area contributed by atoms with Crippen LogP contribution >= 0.6 is 0 Å². The zero-order chi connectivity index (χ0) is 27.2. The lowest BCUT2D eigenvalue weighted by molar-refractivity contribution is -0.202. The molecule has 0 aliphatic heterocycles. The first kappa shape index (κ1) is 27.4. The Hall–Kier alpha value is -1.20. The van der Waals surface area contributed by atoms with Gasteiger partial charge in [0, 0.05) is 24.4 Å². The van der Waals surface area contributed by atoms with E-state index in [4.69, 9.17) is 5.73 Å². The summed E-state index contributed by atoms with van der Waals surface area (Å²) in [5, 5.41) is 14.0. The third kappa shape index (κ3) is 3.54. The lowest BCUT2D eigenvalue weighted by atomic mass is 9.33. The molecular weight excluding hydrogens is 460 g/mol. The summed E-state index contributed by atoms with van der Waals surface area (Å²) in [6.07, 6.45) is 10.6. The molecule has 0 aromatic carbocycles. The van der Waals surface area contributed by atoms with Crippen LogP contribution in [0, 0.1) is 50.2 Å². The Balaban J connectivity index is 1.56. The van der Waals surface area contributed by atoms with Crippen molar-refractivity contribution in [1.82, 2.24) is 5.32 Å². The van der Waals surface area contributed by atoms with Gasteiger partial charge in [0.1, 0.15) is 0 Å². The van der Waals surface area contributed by atoms with Crippen molar-refractivity contribution in [3.63, 3.8) is 0 Å². The van der Waals surface area contributed by atoms with Crippen LogP contribution in [0.25, 0.3) is 0 Å². The molecule has 9 atom stereocenters. The molecule has 0 unspecified atom stereocenters. The number of amides is 1. The Labute approximate surface area is 224 Å². The van der Waals surface area contributed by atoms with Crippen LogP contribution in [0.2, 0.25) is 0 Å². The molecular formula is C32H52N2O3. The van der Waals surface area contributed by atoms with Gasteiger partial charge in [0.2, 0.25) is 5.91 Å². The molecule has 0 spiro atoms. The van der Waals surface area contributed by atoms with Crippen LogP contribution in [-0.2, 0) is 9.59 Å². The van der Waals surface area contributed by atoms with E-state index in [2.05, 4.69) is 59.9 Å². The van der Waals surface area contributed by atoms with E-state index in [0.29, 0.717) is 24.8 Å². The molecule has 5 rings (SSSR count). The fraction of sp³-hybridized carbons (Fsp3) is 0.875. The van der Waals surface area contributed by atoms with E-state index in [1.54, 1.807) is 0 Å². The number of hydrogen-bond acceptors (Lipinski definition) is 4. The van der Waals surface area contributed by atoms with Crippen LogP contribution in [0.5, 0.6) is 0 Å². The van der Waals surface area contributed by atoms with Crippen LogP contribution in [-0.4, -0.2) is 36.0 Å². The van der Waals surface area contributed by atoms with Crippen LogP contribution in [0.1, 0.15) is 106 Å². The minimum atomic E-state index is -0.424. The molecule has 4 saturated carbocycles. The van der Waals surface area contributed by atoms with Crippen molar-refractivity contribution in [2.24, 2.45) is 56.0 Å². The van der Waals surface area contributed by atoms with Gasteiger partial charge in [0.15, 0.2) is 5.78 Å². The summed E-state index contributed by atoms with van der Waals surface area (Å²) in [5.41, 5.74) is 6.32. The third-order valence-electron chi connectivity index (χ3n) is 13.5. The number of aliphatic hydroxyl groups is 1. The summed E-state index contributed by atoms with van der Waals surface area (Å²) in [6, 6.07) is 0. The normalized spacial score (nSPS) is 50.6. The Morgan fingerprint density at radius 2 is 1.68 bits per heavy atom. The predicted octanol–water partition coefficient (Wildman–Crippen LogP) is 5.40. The van der Waals surface area contributed by atoms with Gasteiger partial charge >= 0.3 is 0 Å². The number of carbonyl (C=O) groups is 2. The molecule has 208 valence electrons. The highest BCUT2D eigenvalue weighted by atomic mass is 16.3. The maximum atomic E-state index is 14.4. The van der Waals surface area contributed by atoms with Crippen molar-refractivity contribution in [1.29, 1.82) is 0 Å². The van der Waals surface area contributed by atoms with Gasteiger partial charge in [0.05, 0.1) is 6.10 Å². The number of carbonyl (C=O) groups excluding carboxylic acids is 2. The standard InChI is InChI=1S/C32H52N2O3/c1-27(2)23-8-11-32(7)25(30(23,5)10-9-24(27)36)22(35)18-20-21-19-29(4,26(37)34-17-16-33)13-12-28(21,3)14-15-31(20,32)6/h18,21,23-25,36H,8-17,19,33H2,1-7H3,(H,34,37)/t21-,23+,24+,25-,28-,29+,30+,31-,32-/m1/s1. The molecule has 5 heteroatoms. The van der Waals surface area contributed by atoms with Crippen molar-refractivity contribution in [3.8, 4) is 0 Å². The lowest BCUT2D eigenvalue weighted by Gasteiger charge is -2.70. The summed E-state index contributed by atoms with van der Waals surface area (Å²) in [7, 11) is 0. The number of hydrogen-bond donors (Lipinski definition) is 3. The van der Waals surface area contributed by atoms with E-state index in [-0.39, 0.29) is 50.9 Å². The SMILES string of the molecule is CC1(C)[C@@H](O)CC[C@]2(C)[C@H]3C(=O)C=C4[C@H]5C[C@@](C)(C(=O)NCCN)CC[C@]5(C)CC[C@@]4(C)[C@]3(C)CC[C@@H]12. The number of nitrogens with two attached hydrogens (primary N) is 1. The number of rotatable bonds is 3. The van der Waals surface area contributed by atoms with Crippen LogP contribution in [0.4, 0.5) is 0 Å². The fourth-order valence-electron chi connectivity index (χ4n) is 10.8. The summed E-state index contributed by atoms with van der Waals surface area (Å²) in [5.74, 6) is 1.04. The highest BCUT2D eigenvalue weighted by Crippen LogP contribution is 2.75. The number of aliphatic hydroxyl groups excluding tert-OH is 1. The van der Waals surface area contributed by atoms with E-state index < -0.39 is 5.41 Å². The quantitative estimate of drug-likeness (QED) is 0.472. The second-order valence-corrected chi connectivity index (χ2v) is 15.7. The van der Waals surface area contributed by atoms with Crippen LogP contribution in [0.3, 0.4) is 0 Å². The largest absolute Gasteiger partial charge is 0.393 e. The van der Waals surface area contributed by atoms with Gasteiger partial charge in [0.25, 0.3) is 0 Å². The van der Waals surface area contributed by atoms with E-state index in [0.717, 1.165) is 57.8 Å². The molecule has 0 heterocycles. The molecule has 0 radical (unpaired) electrons. The van der Waals surface area contributed by atoms with E-state index in [1.807, 2.05) is 0 Å². The Morgan fingerprint density at radius 3 is 2.35 bits per heavy atom. The molecule has 0 aromatic heterocycles. The molecule has 5 aliphatic carbocycles. The first-order chi connectivity index (χ1) is 17.1. The van der Waals surface area contributed by atoms with E-state index in [1.165, 1.54) is 5.57 Å². The average molecular weight is 513 g/mol. The Kier molecular flexibility index (Phi) is 6.21. The van der Waals surface area contributed by atoms with E-state index in [9.17, 15) is 14.7 Å². The van der Waals surface area contributed by atoms with E-state index >= 15 is 0 Å². The minimum absolute atomic E-state index is 0.00791. The lowest BCUT2D eigenvalue weighted by Crippen LogP contribution is -2.66. The Morgan fingerprint density at radius 1 is 1.00 bits per heavy atom. The molecule has 4 fully saturated rings. The highest BCUT2D eigenvalue weighted by Gasteiger charge is 2.70. The zero-order valence-electron chi connectivity index (χ0n) is 24.5. The van der Waals surface area contributed by atoms with Crippen molar-refractivity contribution in [2.45, 2.75) is 112 Å². The summed E-state index contributed by atoms with van der Waals surface area (Å²) >= 11 is 0. The first-order valence-electron chi connectivity index (χ1n) is 15.0. The van der Waals surface area contributed by atoms with Gasteiger partial charge in [-0.3, -0.25) is 9.59 Å². The fourth-order valence-corrected chi connectivity index (χ4v) is 10.8. The second-order valence-electron chi connectivity index (χ2n) is 15.7. The topological polar surface area (TPSA) is 92.4 Å². The highest BCUT2D eigenvalue weighted by molar-refractivity contribution is 5.95. The van der Waals surface area contributed by atoms with Gasteiger partial charge in [-0.15, -0.1) is 0 Å². The Bertz CT molecular complexity index is 1020. The number of fused-ring (bicyclic) bond motifs is 7. The second kappa shape index (κ2) is 8.40. The van der Waals surface area contributed by atoms with Crippen molar-refractivity contribution in [3.05, 3.63) is 11.6 Å². The molecule has 4 N–H and O–H groups in total. The first-order valence-corrected chi connectivity index (χ1v) is 15.0.